The first kappa shape index (κ1) is 13.4. The zero-order valence-electron chi connectivity index (χ0n) is 9.72. The van der Waals surface area contributed by atoms with Crippen molar-refractivity contribution in [2.24, 2.45) is 11.8 Å². The molecule has 16 heavy (non-hydrogen) atoms. The van der Waals surface area contributed by atoms with Crippen molar-refractivity contribution in [3.8, 4) is 0 Å². The molecule has 1 rings (SSSR count). The molecule has 1 N–H and O–H groups in total. The van der Waals surface area contributed by atoms with E-state index in [4.69, 9.17) is 5.11 Å². The summed E-state index contributed by atoms with van der Waals surface area (Å²) in [5.74, 6) is -0.925. The summed E-state index contributed by atoms with van der Waals surface area (Å²) < 4.78 is 24.7. The molecule has 0 amide bonds. The molecule has 0 aromatic carbocycles. The molecule has 1 aliphatic rings. The average molecular weight is 249 g/mol. The molecule has 94 valence electrons. The molecule has 0 aliphatic heterocycles. The summed E-state index contributed by atoms with van der Waals surface area (Å²) in [6, 6.07) is 0. The van der Waals surface area contributed by atoms with Crippen molar-refractivity contribution in [3.63, 3.8) is 0 Å². The lowest BCUT2D eigenvalue weighted by molar-refractivity contribution is -0.141. The summed E-state index contributed by atoms with van der Waals surface area (Å²) in [4.78, 5) is 10.6. The molecule has 0 heterocycles. The lowest BCUT2D eigenvalue weighted by Crippen LogP contribution is -2.35. The lowest BCUT2D eigenvalue weighted by atomic mass is 10.2. The number of aliphatic carboxylic acids is 1. The maximum atomic E-state index is 11.8. The van der Waals surface area contributed by atoms with E-state index in [0.717, 1.165) is 17.1 Å². The van der Waals surface area contributed by atoms with Crippen molar-refractivity contribution >= 4 is 16.0 Å². The van der Waals surface area contributed by atoms with Crippen LogP contribution in [0.2, 0.25) is 0 Å². The molecule has 0 radical (unpaired) electrons. The average Bonchev–Trinajstić information content (AvgIpc) is 2.97. The molecule has 0 saturated heterocycles. The fourth-order valence-electron chi connectivity index (χ4n) is 1.46. The molecular weight excluding hydrogens is 230 g/mol. The summed E-state index contributed by atoms with van der Waals surface area (Å²) in [5, 5.41) is 8.70. The molecule has 0 spiro atoms. The van der Waals surface area contributed by atoms with Crippen molar-refractivity contribution in [1.82, 2.24) is 4.31 Å². The minimum absolute atomic E-state index is 0.0440. The van der Waals surface area contributed by atoms with E-state index in [-0.39, 0.29) is 12.3 Å². The Balaban J connectivity index is 2.43. The largest absolute Gasteiger partial charge is 0.481 e. The Labute approximate surface area is 96.5 Å². The van der Waals surface area contributed by atoms with Crippen LogP contribution in [0.5, 0.6) is 0 Å². The predicted molar refractivity (Wildman–Crippen MR) is 60.6 cm³/mol. The Morgan fingerprint density at radius 3 is 2.50 bits per heavy atom. The molecular formula is C10H19NO4S. The number of carboxylic acid groups (broad SMARTS) is 1. The molecule has 1 saturated carbocycles. The van der Waals surface area contributed by atoms with Crippen LogP contribution in [0.3, 0.4) is 0 Å². The molecule has 1 unspecified atom stereocenters. The highest BCUT2D eigenvalue weighted by Crippen LogP contribution is 2.32. The van der Waals surface area contributed by atoms with Gasteiger partial charge in [0.2, 0.25) is 10.0 Å². The lowest BCUT2D eigenvalue weighted by Gasteiger charge is -2.19. The summed E-state index contributed by atoms with van der Waals surface area (Å²) in [6.45, 7) is 1.55. The number of nitrogens with zero attached hydrogens (tertiary/aromatic N) is 1. The summed E-state index contributed by atoms with van der Waals surface area (Å²) >= 11 is 0. The minimum Gasteiger partial charge on any atom is -0.481 e. The molecule has 5 nitrogen and oxygen atoms in total. The Bertz CT molecular complexity index is 348. The highest BCUT2D eigenvalue weighted by Gasteiger charge is 2.27. The molecule has 1 fully saturated rings. The monoisotopic (exact) mass is 249 g/mol. The van der Waals surface area contributed by atoms with Crippen LogP contribution in [0.1, 0.15) is 26.2 Å². The van der Waals surface area contributed by atoms with Gasteiger partial charge in [0.15, 0.2) is 0 Å². The second kappa shape index (κ2) is 5.14. The van der Waals surface area contributed by atoms with Gasteiger partial charge in [-0.1, -0.05) is 19.8 Å². The van der Waals surface area contributed by atoms with Crippen molar-refractivity contribution in [1.29, 1.82) is 0 Å². The summed E-state index contributed by atoms with van der Waals surface area (Å²) in [6.07, 6.45) is 2.96. The van der Waals surface area contributed by atoms with Gasteiger partial charge in [-0.05, 0) is 12.3 Å². The zero-order chi connectivity index (χ0) is 12.3. The Hall–Kier alpha value is -0.620. The topological polar surface area (TPSA) is 74.7 Å². The van der Waals surface area contributed by atoms with Gasteiger partial charge in [-0.15, -0.1) is 0 Å². The van der Waals surface area contributed by atoms with E-state index in [2.05, 4.69) is 0 Å². The number of carbonyl (C=O) groups is 1. The van der Waals surface area contributed by atoms with Crippen LogP contribution in [0.15, 0.2) is 0 Å². The van der Waals surface area contributed by atoms with Crippen LogP contribution in [0, 0.1) is 11.8 Å². The number of rotatable bonds is 7. The standard InChI is InChI=1S/C10H19NO4S/c1-8(10(12)13)7-11(2)16(14,15)6-5-9-3-4-9/h8-9H,3-7H2,1-2H3,(H,12,13). The second-order valence-electron chi connectivity index (χ2n) is 4.57. The Morgan fingerprint density at radius 2 is 2.06 bits per heavy atom. The minimum atomic E-state index is -3.27. The Morgan fingerprint density at radius 1 is 1.50 bits per heavy atom. The second-order valence-corrected chi connectivity index (χ2v) is 6.76. The van der Waals surface area contributed by atoms with Gasteiger partial charge in [-0.3, -0.25) is 4.79 Å². The molecule has 6 heteroatoms. The van der Waals surface area contributed by atoms with Crippen LogP contribution in [0.25, 0.3) is 0 Å². The van der Waals surface area contributed by atoms with Gasteiger partial charge < -0.3 is 5.11 Å². The zero-order valence-corrected chi connectivity index (χ0v) is 10.5. The van der Waals surface area contributed by atoms with Crippen molar-refractivity contribution in [3.05, 3.63) is 0 Å². The van der Waals surface area contributed by atoms with E-state index in [9.17, 15) is 13.2 Å². The van der Waals surface area contributed by atoms with Gasteiger partial charge in [0.05, 0.1) is 11.7 Å². The van der Waals surface area contributed by atoms with Crippen LogP contribution in [0.4, 0.5) is 0 Å². The first-order chi connectivity index (χ1) is 7.33. The highest BCUT2D eigenvalue weighted by atomic mass is 32.2. The van der Waals surface area contributed by atoms with Crippen LogP contribution in [-0.4, -0.2) is 43.1 Å². The molecule has 0 bridgehead atoms. The summed E-state index contributed by atoms with van der Waals surface area (Å²) in [7, 11) is -1.83. The van der Waals surface area contributed by atoms with E-state index in [1.54, 1.807) is 0 Å². The number of sulfonamides is 1. The van der Waals surface area contributed by atoms with Gasteiger partial charge in [0.1, 0.15) is 0 Å². The molecule has 1 atom stereocenters. The maximum Gasteiger partial charge on any atom is 0.307 e. The fourth-order valence-corrected chi connectivity index (χ4v) is 2.85. The number of hydrogen-bond donors (Lipinski definition) is 1. The third-order valence-corrected chi connectivity index (χ3v) is 4.76. The van der Waals surface area contributed by atoms with Gasteiger partial charge in [-0.25, -0.2) is 12.7 Å². The number of hydrogen-bond acceptors (Lipinski definition) is 3. The van der Waals surface area contributed by atoms with Gasteiger partial charge in [-0.2, -0.15) is 0 Å². The third kappa shape index (κ3) is 4.09. The Kier molecular flexibility index (Phi) is 4.32. The highest BCUT2D eigenvalue weighted by molar-refractivity contribution is 7.89. The van der Waals surface area contributed by atoms with E-state index < -0.39 is 21.9 Å². The van der Waals surface area contributed by atoms with Gasteiger partial charge in [0.25, 0.3) is 0 Å². The van der Waals surface area contributed by atoms with Crippen LogP contribution >= 0.6 is 0 Å². The van der Waals surface area contributed by atoms with Crippen molar-refractivity contribution < 1.29 is 18.3 Å². The van der Waals surface area contributed by atoms with E-state index in [0.29, 0.717) is 12.3 Å². The SMILES string of the molecule is CC(CN(C)S(=O)(=O)CCC1CC1)C(=O)O. The first-order valence-electron chi connectivity index (χ1n) is 5.49. The van der Waals surface area contributed by atoms with Gasteiger partial charge in [0, 0.05) is 13.6 Å². The van der Waals surface area contributed by atoms with E-state index in [1.165, 1.54) is 14.0 Å². The smallest absolute Gasteiger partial charge is 0.307 e. The van der Waals surface area contributed by atoms with E-state index in [1.807, 2.05) is 0 Å². The summed E-state index contributed by atoms with van der Waals surface area (Å²) in [5.41, 5.74) is 0. The maximum absolute atomic E-state index is 11.8. The van der Waals surface area contributed by atoms with Gasteiger partial charge >= 0.3 is 5.97 Å². The first-order valence-corrected chi connectivity index (χ1v) is 7.10. The quantitative estimate of drug-likeness (QED) is 0.723. The number of carboxylic acids is 1. The van der Waals surface area contributed by atoms with Crippen molar-refractivity contribution in [2.75, 3.05) is 19.3 Å². The third-order valence-electron chi connectivity index (χ3n) is 2.91. The molecule has 0 aromatic rings. The molecule has 0 aromatic heterocycles. The predicted octanol–water partition coefficient (Wildman–Crippen LogP) is 0.769. The normalized spacial score (nSPS) is 18.7. The van der Waals surface area contributed by atoms with Crippen molar-refractivity contribution in [2.45, 2.75) is 26.2 Å². The van der Waals surface area contributed by atoms with Crippen LogP contribution in [-0.2, 0) is 14.8 Å². The van der Waals surface area contributed by atoms with Crippen LogP contribution < -0.4 is 0 Å². The van der Waals surface area contributed by atoms with E-state index >= 15 is 0 Å². The molecule has 1 aliphatic carbocycles. The fraction of sp³-hybridized carbons (Fsp3) is 0.900.